The fourth-order valence-electron chi connectivity index (χ4n) is 1.39. The molecular weight excluding hydrogens is 207 g/mol. The average molecular weight is 218 g/mol. The lowest BCUT2D eigenvalue weighted by atomic mass is 9.99. The number of nitrogens with zero attached hydrogens (tertiary/aromatic N) is 1. The molecule has 82 valence electrons. The normalized spacial score (nSPS) is 20.4. The summed E-state index contributed by atoms with van der Waals surface area (Å²) >= 11 is 0. The number of hydrogen-bond acceptors (Lipinski definition) is 4. The van der Waals surface area contributed by atoms with E-state index < -0.39 is 12.0 Å². The highest BCUT2D eigenvalue weighted by Gasteiger charge is 2.28. The third-order valence-corrected chi connectivity index (χ3v) is 2.21. The molecule has 0 spiro atoms. The van der Waals surface area contributed by atoms with Crippen molar-refractivity contribution in [1.29, 1.82) is 0 Å². The fourth-order valence-corrected chi connectivity index (χ4v) is 1.39. The first-order valence-corrected chi connectivity index (χ1v) is 4.87. The fraction of sp³-hybridized carbons (Fsp3) is 0.300. The minimum atomic E-state index is -0.658. The molecule has 5 nitrogen and oxygen atoms in total. The molecule has 0 saturated carbocycles. The molecule has 0 aliphatic carbocycles. The molecule has 1 aromatic heterocycles. The van der Waals surface area contributed by atoms with Crippen LogP contribution in [0.4, 0.5) is 0 Å². The van der Waals surface area contributed by atoms with Crippen molar-refractivity contribution in [3.05, 3.63) is 18.3 Å². The number of imide groups is 1. The monoisotopic (exact) mass is 218 g/mol. The van der Waals surface area contributed by atoms with Gasteiger partial charge in [-0.25, -0.2) is 4.98 Å². The maximum Gasteiger partial charge on any atom is 0.267 e. The summed E-state index contributed by atoms with van der Waals surface area (Å²) in [4.78, 5) is 26.2. The van der Waals surface area contributed by atoms with Crippen LogP contribution in [0.5, 0.6) is 5.88 Å². The lowest BCUT2D eigenvalue weighted by Crippen LogP contribution is -2.46. The molecule has 16 heavy (non-hydrogen) atoms. The quantitative estimate of drug-likeness (QED) is 0.526. The van der Waals surface area contributed by atoms with Gasteiger partial charge in [-0.15, -0.1) is 0 Å². The van der Waals surface area contributed by atoms with E-state index in [-0.39, 0.29) is 13.8 Å². The number of amides is 2. The minimum Gasteiger partial charge on any atom is -0.464 e. The summed E-state index contributed by atoms with van der Waals surface area (Å²) < 4.78 is 5.34. The van der Waals surface area contributed by atoms with Gasteiger partial charge in [0.2, 0.25) is 11.8 Å². The molecule has 1 aliphatic heterocycles. The Balaban J connectivity index is 0.00000144. The van der Waals surface area contributed by atoms with E-state index in [1.54, 1.807) is 12.1 Å². The standard InChI is InChI=1S/C10H9BN2O3.H2/c11-6-1-4-9(12-5-6)16-7-2-3-8(14)13-10(7)15;/h1,4-5,7H,2-3H2,(H,13,14,15);1H. The van der Waals surface area contributed by atoms with Crippen molar-refractivity contribution < 1.29 is 15.8 Å². The smallest absolute Gasteiger partial charge is 0.267 e. The van der Waals surface area contributed by atoms with E-state index in [4.69, 9.17) is 12.6 Å². The maximum absolute atomic E-state index is 11.4. The number of rotatable bonds is 2. The minimum absolute atomic E-state index is 0. The number of piperidine rings is 1. The van der Waals surface area contributed by atoms with Crippen LogP contribution in [0.3, 0.4) is 0 Å². The molecule has 2 heterocycles. The van der Waals surface area contributed by atoms with Gasteiger partial charge in [0.15, 0.2) is 6.10 Å². The Morgan fingerprint density at radius 3 is 2.94 bits per heavy atom. The molecule has 6 heteroatoms. The number of ether oxygens (including phenoxy) is 1. The molecule has 1 aromatic rings. The summed E-state index contributed by atoms with van der Waals surface area (Å²) in [5, 5.41) is 2.21. The molecule has 1 N–H and O–H groups in total. The summed E-state index contributed by atoms with van der Waals surface area (Å²) in [6.45, 7) is 0. The molecule has 1 aliphatic rings. The Kier molecular flexibility index (Phi) is 2.89. The molecule has 0 aromatic carbocycles. The van der Waals surface area contributed by atoms with Gasteiger partial charge < -0.3 is 4.74 Å². The molecule has 2 amide bonds. The van der Waals surface area contributed by atoms with Gasteiger partial charge in [0.05, 0.1) is 0 Å². The number of carbonyl (C=O) groups is 2. The largest absolute Gasteiger partial charge is 0.464 e. The van der Waals surface area contributed by atoms with Gasteiger partial charge in [0.1, 0.15) is 7.85 Å². The molecule has 0 bridgehead atoms. The molecule has 2 radical (unpaired) electrons. The Morgan fingerprint density at radius 1 is 1.50 bits per heavy atom. The van der Waals surface area contributed by atoms with Crippen LogP contribution in [0, 0.1) is 0 Å². The Morgan fingerprint density at radius 2 is 2.31 bits per heavy atom. The van der Waals surface area contributed by atoms with Crippen LogP contribution in [0.25, 0.3) is 0 Å². The summed E-state index contributed by atoms with van der Waals surface area (Å²) in [5.74, 6) is -0.367. The second-order valence-electron chi connectivity index (χ2n) is 3.49. The summed E-state index contributed by atoms with van der Waals surface area (Å²) in [6, 6.07) is 3.22. The van der Waals surface area contributed by atoms with Crippen LogP contribution in [-0.2, 0) is 9.59 Å². The van der Waals surface area contributed by atoms with Crippen LogP contribution >= 0.6 is 0 Å². The van der Waals surface area contributed by atoms with Crippen molar-refractivity contribution in [2.75, 3.05) is 0 Å². The number of nitrogens with one attached hydrogen (secondary N) is 1. The lowest BCUT2D eigenvalue weighted by Gasteiger charge is -2.21. The number of carbonyl (C=O) groups excluding carboxylic acids is 2. The van der Waals surface area contributed by atoms with Gasteiger partial charge in [-0.1, -0.05) is 11.5 Å². The van der Waals surface area contributed by atoms with Crippen LogP contribution in [-0.4, -0.2) is 30.7 Å². The highest BCUT2D eigenvalue weighted by molar-refractivity contribution is 6.32. The van der Waals surface area contributed by atoms with Crippen molar-refractivity contribution in [2.24, 2.45) is 0 Å². The topological polar surface area (TPSA) is 68.3 Å². The molecule has 1 fully saturated rings. The second kappa shape index (κ2) is 4.34. The zero-order chi connectivity index (χ0) is 11.5. The number of pyridine rings is 1. The van der Waals surface area contributed by atoms with E-state index in [9.17, 15) is 9.59 Å². The van der Waals surface area contributed by atoms with E-state index in [1.807, 2.05) is 0 Å². The zero-order valence-electron chi connectivity index (χ0n) is 8.47. The average Bonchev–Trinajstić information content (AvgIpc) is 2.25. The Bertz CT molecular complexity index is 424. The second-order valence-corrected chi connectivity index (χ2v) is 3.49. The molecule has 2 rings (SSSR count). The van der Waals surface area contributed by atoms with E-state index in [0.717, 1.165) is 0 Å². The molecule has 1 unspecified atom stereocenters. The predicted octanol–water partition coefficient (Wildman–Crippen LogP) is -0.695. The van der Waals surface area contributed by atoms with Gasteiger partial charge in [0, 0.05) is 20.5 Å². The number of hydrogen-bond donors (Lipinski definition) is 1. The maximum atomic E-state index is 11.4. The molecular formula is C10H11BN2O3. The van der Waals surface area contributed by atoms with Crippen LogP contribution in [0.2, 0.25) is 0 Å². The van der Waals surface area contributed by atoms with Gasteiger partial charge in [-0.2, -0.15) is 0 Å². The van der Waals surface area contributed by atoms with Gasteiger partial charge in [0.25, 0.3) is 5.91 Å². The van der Waals surface area contributed by atoms with Crippen molar-refractivity contribution in [1.82, 2.24) is 10.3 Å². The highest BCUT2D eigenvalue weighted by Crippen LogP contribution is 2.12. The van der Waals surface area contributed by atoms with Crippen molar-refractivity contribution >= 4 is 25.1 Å². The van der Waals surface area contributed by atoms with Gasteiger partial charge >= 0.3 is 0 Å². The zero-order valence-corrected chi connectivity index (χ0v) is 8.47. The summed E-state index contributed by atoms with van der Waals surface area (Å²) in [7, 11) is 5.46. The first-order chi connectivity index (χ1) is 7.65. The van der Waals surface area contributed by atoms with Crippen LogP contribution in [0.15, 0.2) is 18.3 Å². The van der Waals surface area contributed by atoms with Gasteiger partial charge in [-0.3, -0.25) is 14.9 Å². The molecule has 1 atom stereocenters. The number of aromatic nitrogens is 1. The van der Waals surface area contributed by atoms with Crippen molar-refractivity contribution in [3.8, 4) is 5.88 Å². The van der Waals surface area contributed by atoms with Gasteiger partial charge in [-0.05, 0) is 6.07 Å². The summed E-state index contributed by atoms with van der Waals surface area (Å²) in [6.07, 6.45) is 1.44. The molecule has 1 saturated heterocycles. The SMILES string of the molecule is [B]c1ccc(OC2CCC(=O)NC2=O)nc1.[HH]. The highest BCUT2D eigenvalue weighted by atomic mass is 16.5. The van der Waals surface area contributed by atoms with E-state index in [1.165, 1.54) is 6.20 Å². The van der Waals surface area contributed by atoms with Crippen molar-refractivity contribution in [2.45, 2.75) is 18.9 Å². The summed E-state index contributed by atoms with van der Waals surface area (Å²) in [5.41, 5.74) is 0.524. The van der Waals surface area contributed by atoms with E-state index in [2.05, 4.69) is 10.3 Å². The van der Waals surface area contributed by atoms with Crippen LogP contribution < -0.4 is 15.5 Å². The van der Waals surface area contributed by atoms with Crippen molar-refractivity contribution in [3.63, 3.8) is 0 Å². The Hall–Kier alpha value is -1.85. The first-order valence-electron chi connectivity index (χ1n) is 4.87. The van der Waals surface area contributed by atoms with Crippen LogP contribution in [0.1, 0.15) is 14.3 Å². The Labute approximate surface area is 95.1 Å². The van der Waals surface area contributed by atoms with E-state index >= 15 is 0 Å². The first kappa shape index (κ1) is 10.7. The third-order valence-electron chi connectivity index (χ3n) is 2.21. The van der Waals surface area contributed by atoms with E-state index in [0.29, 0.717) is 17.8 Å². The third kappa shape index (κ3) is 2.39. The lowest BCUT2D eigenvalue weighted by molar-refractivity contribution is -0.139. The predicted molar refractivity (Wildman–Crippen MR) is 58.5 cm³/mol.